The molecule has 8 heteroatoms. The minimum Gasteiger partial charge on any atom is -0.493 e. The highest BCUT2D eigenvalue weighted by Crippen LogP contribution is 2.28. The van der Waals surface area contributed by atoms with Crippen molar-refractivity contribution < 1.29 is 38.1 Å². The Labute approximate surface area is 162 Å². The highest BCUT2D eigenvalue weighted by Gasteiger charge is 2.31. The topological polar surface area (TPSA) is 105 Å². The zero-order valence-electron chi connectivity index (χ0n) is 16.2. The molecule has 0 aliphatic heterocycles. The van der Waals surface area contributed by atoms with Gasteiger partial charge in [-0.1, -0.05) is 0 Å². The van der Waals surface area contributed by atoms with Crippen molar-refractivity contribution in [3.8, 4) is 0 Å². The lowest BCUT2D eigenvalue weighted by Gasteiger charge is -2.18. The van der Waals surface area contributed by atoms with Gasteiger partial charge in [-0.25, -0.2) is 0 Å². The Morgan fingerprint density at radius 2 is 0.964 bits per heavy atom. The molecule has 0 saturated heterocycles. The van der Waals surface area contributed by atoms with Gasteiger partial charge in [0, 0.05) is 23.3 Å². The van der Waals surface area contributed by atoms with Gasteiger partial charge in [-0.15, -0.1) is 0 Å². The Bertz CT molecular complexity index is 768. The van der Waals surface area contributed by atoms with Gasteiger partial charge in [0.15, 0.2) is 23.0 Å². The molecule has 0 aromatic rings. The number of hydrogen-bond donors (Lipinski definition) is 0. The molecule has 0 fully saturated rings. The molecule has 2 aliphatic carbocycles. The second kappa shape index (κ2) is 9.16. The Morgan fingerprint density at radius 1 is 0.607 bits per heavy atom. The van der Waals surface area contributed by atoms with Crippen LogP contribution in [-0.4, -0.2) is 51.6 Å². The molecule has 0 amide bonds. The van der Waals surface area contributed by atoms with E-state index >= 15 is 0 Å². The lowest BCUT2D eigenvalue weighted by Crippen LogP contribution is -2.22. The average molecular weight is 390 g/mol. The lowest BCUT2D eigenvalue weighted by atomic mass is 9.92. The van der Waals surface area contributed by atoms with Crippen LogP contribution in [0.2, 0.25) is 0 Å². The van der Waals surface area contributed by atoms with Gasteiger partial charge >= 0.3 is 0 Å². The van der Waals surface area contributed by atoms with E-state index in [1.165, 1.54) is 28.4 Å². The third kappa shape index (κ3) is 4.05. The molecule has 0 spiro atoms. The standard InChI is InChI=1S/C20H22O8/c1-25-15-9-13(21)19(27-3)11(17(15)23)7-5-6-8-12-18(24)16(26-2)10-14(22)20(12)28-4/h9-10H,5-8H2,1-4H3. The predicted molar refractivity (Wildman–Crippen MR) is 96.8 cm³/mol. The van der Waals surface area contributed by atoms with E-state index in [0.717, 1.165) is 12.2 Å². The van der Waals surface area contributed by atoms with Gasteiger partial charge in [0.2, 0.25) is 23.1 Å². The molecule has 0 saturated carbocycles. The number of hydrogen-bond acceptors (Lipinski definition) is 8. The number of carbonyl (C=O) groups is 4. The second-order valence-corrected chi connectivity index (χ2v) is 6.04. The van der Waals surface area contributed by atoms with Gasteiger partial charge in [-0.2, -0.15) is 0 Å². The molecule has 0 aromatic heterocycles. The summed E-state index contributed by atoms with van der Waals surface area (Å²) in [5.74, 6) is -1.73. The van der Waals surface area contributed by atoms with Crippen molar-refractivity contribution in [2.45, 2.75) is 25.7 Å². The molecule has 0 atom stereocenters. The van der Waals surface area contributed by atoms with Gasteiger partial charge in [0.1, 0.15) is 0 Å². The summed E-state index contributed by atoms with van der Waals surface area (Å²) in [6.45, 7) is 0. The first-order chi connectivity index (χ1) is 13.4. The summed E-state index contributed by atoms with van der Waals surface area (Å²) in [6.07, 6.45) is 3.69. The molecular weight excluding hydrogens is 368 g/mol. The van der Waals surface area contributed by atoms with Crippen molar-refractivity contribution in [3.05, 3.63) is 46.3 Å². The van der Waals surface area contributed by atoms with Gasteiger partial charge in [0.25, 0.3) is 0 Å². The van der Waals surface area contributed by atoms with E-state index in [1.807, 2.05) is 0 Å². The van der Waals surface area contributed by atoms with E-state index in [2.05, 4.69) is 0 Å². The van der Waals surface area contributed by atoms with Crippen molar-refractivity contribution in [2.75, 3.05) is 28.4 Å². The third-order valence-electron chi connectivity index (χ3n) is 4.47. The van der Waals surface area contributed by atoms with E-state index in [1.54, 1.807) is 0 Å². The number of unbranched alkanes of at least 4 members (excludes halogenated alkanes) is 1. The number of rotatable bonds is 9. The van der Waals surface area contributed by atoms with E-state index in [0.29, 0.717) is 12.8 Å². The summed E-state index contributed by atoms with van der Waals surface area (Å²) in [6, 6.07) is 0. The maximum atomic E-state index is 12.4. The molecule has 0 bridgehead atoms. The van der Waals surface area contributed by atoms with Crippen LogP contribution in [0.1, 0.15) is 25.7 Å². The Hall–Kier alpha value is -3.16. The summed E-state index contributed by atoms with van der Waals surface area (Å²) in [7, 11) is 5.29. The highest BCUT2D eigenvalue weighted by molar-refractivity contribution is 6.21. The number of ether oxygens (including phenoxy) is 4. The lowest BCUT2D eigenvalue weighted by molar-refractivity contribution is -0.120. The average Bonchev–Trinajstić information content (AvgIpc) is 2.69. The van der Waals surface area contributed by atoms with Gasteiger partial charge in [-0.05, 0) is 25.7 Å². The summed E-state index contributed by atoms with van der Waals surface area (Å²) >= 11 is 0. The number of ketones is 4. The molecule has 2 rings (SSSR count). The molecule has 0 unspecified atom stereocenters. The highest BCUT2D eigenvalue weighted by atomic mass is 16.5. The van der Waals surface area contributed by atoms with E-state index in [4.69, 9.17) is 18.9 Å². The molecule has 0 radical (unpaired) electrons. The van der Waals surface area contributed by atoms with E-state index < -0.39 is 23.1 Å². The fourth-order valence-electron chi connectivity index (χ4n) is 3.11. The summed E-state index contributed by atoms with van der Waals surface area (Å²) < 4.78 is 20.1. The minimum absolute atomic E-state index is 0.00359. The summed E-state index contributed by atoms with van der Waals surface area (Å²) in [5.41, 5.74) is 0.465. The van der Waals surface area contributed by atoms with Crippen molar-refractivity contribution in [1.29, 1.82) is 0 Å². The minimum atomic E-state index is -0.429. The van der Waals surface area contributed by atoms with Crippen LogP contribution >= 0.6 is 0 Å². The monoisotopic (exact) mass is 390 g/mol. The molecule has 0 heterocycles. The number of allylic oxidation sites excluding steroid dienone is 4. The molecule has 0 aromatic carbocycles. The van der Waals surface area contributed by atoms with E-state index in [-0.39, 0.29) is 47.0 Å². The van der Waals surface area contributed by atoms with Gasteiger partial charge < -0.3 is 18.9 Å². The molecule has 2 aliphatic rings. The maximum absolute atomic E-state index is 12.4. The summed E-state index contributed by atoms with van der Waals surface area (Å²) in [4.78, 5) is 48.9. The molecule has 0 N–H and O–H groups in total. The van der Waals surface area contributed by atoms with E-state index in [9.17, 15) is 19.2 Å². The Kier molecular flexibility index (Phi) is 6.92. The summed E-state index contributed by atoms with van der Waals surface area (Å²) in [5, 5.41) is 0. The largest absolute Gasteiger partial charge is 0.493 e. The molecule has 8 nitrogen and oxygen atoms in total. The second-order valence-electron chi connectivity index (χ2n) is 6.04. The first-order valence-electron chi connectivity index (χ1n) is 8.63. The number of Topliss-reactive ketones (excluding diaryl/α,β-unsaturated/α-hetero) is 2. The van der Waals surface area contributed by atoms with Crippen molar-refractivity contribution in [2.24, 2.45) is 0 Å². The van der Waals surface area contributed by atoms with Crippen molar-refractivity contribution in [1.82, 2.24) is 0 Å². The first-order valence-corrected chi connectivity index (χ1v) is 8.63. The van der Waals surface area contributed by atoms with Crippen LogP contribution in [0.3, 0.4) is 0 Å². The number of methoxy groups -OCH3 is 4. The van der Waals surface area contributed by atoms with Crippen LogP contribution in [0.25, 0.3) is 0 Å². The fraction of sp³-hybridized carbons (Fsp3) is 0.400. The normalized spacial score (nSPS) is 17.6. The van der Waals surface area contributed by atoms with Gasteiger partial charge in [0.05, 0.1) is 28.4 Å². The van der Waals surface area contributed by atoms with Crippen molar-refractivity contribution in [3.63, 3.8) is 0 Å². The Morgan fingerprint density at radius 3 is 1.25 bits per heavy atom. The fourth-order valence-corrected chi connectivity index (χ4v) is 3.11. The Balaban J connectivity index is 2.08. The molecular formula is C20H22O8. The SMILES string of the molecule is COC1=CC(=O)C(OC)=C(CCCCC2=C(OC)C(=O)C=C(OC)C2=O)C1=O. The molecule has 28 heavy (non-hydrogen) atoms. The first kappa shape index (κ1) is 21.1. The third-order valence-corrected chi connectivity index (χ3v) is 4.47. The van der Waals surface area contributed by atoms with Crippen LogP contribution in [0.4, 0.5) is 0 Å². The predicted octanol–water partition coefficient (Wildman–Crippen LogP) is 1.71. The number of carbonyl (C=O) groups excluding carboxylic acids is 4. The molecule has 150 valence electrons. The van der Waals surface area contributed by atoms with Crippen LogP contribution in [0.15, 0.2) is 46.3 Å². The maximum Gasteiger partial charge on any atom is 0.227 e. The quantitative estimate of drug-likeness (QED) is 0.433. The van der Waals surface area contributed by atoms with Crippen LogP contribution < -0.4 is 0 Å². The zero-order chi connectivity index (χ0) is 20.8. The van der Waals surface area contributed by atoms with Gasteiger partial charge in [-0.3, -0.25) is 19.2 Å². The zero-order valence-corrected chi connectivity index (χ0v) is 16.2. The van der Waals surface area contributed by atoms with Crippen molar-refractivity contribution >= 4 is 23.1 Å². The van der Waals surface area contributed by atoms with Crippen LogP contribution in [-0.2, 0) is 38.1 Å². The van der Waals surface area contributed by atoms with Crippen LogP contribution in [0, 0.1) is 0 Å². The smallest absolute Gasteiger partial charge is 0.227 e. The van der Waals surface area contributed by atoms with Crippen LogP contribution in [0.5, 0.6) is 0 Å².